The van der Waals surface area contributed by atoms with E-state index in [0.717, 1.165) is 55.0 Å². The molecule has 7 heteroatoms. The van der Waals surface area contributed by atoms with Crippen molar-refractivity contribution in [1.82, 2.24) is 9.97 Å². The van der Waals surface area contributed by atoms with Crippen molar-refractivity contribution in [1.29, 1.82) is 0 Å². The maximum Gasteiger partial charge on any atom is 0.225 e. The Balaban J connectivity index is 1.34. The van der Waals surface area contributed by atoms with E-state index in [9.17, 15) is 8.78 Å². The SMILES string of the molecule is CCc1cnc(N2CCC(COc3c(F)cc(-c4ccc(CCl)cc4)cc3F)CC2)nc1. The molecule has 0 saturated carbocycles. The average molecular weight is 458 g/mol. The number of anilines is 1. The zero-order valence-electron chi connectivity index (χ0n) is 18.0. The molecule has 0 aliphatic carbocycles. The molecule has 0 radical (unpaired) electrons. The van der Waals surface area contributed by atoms with E-state index in [1.54, 1.807) is 12.1 Å². The van der Waals surface area contributed by atoms with Gasteiger partial charge in [0.15, 0.2) is 17.4 Å². The summed E-state index contributed by atoms with van der Waals surface area (Å²) >= 11 is 5.80. The lowest BCUT2D eigenvalue weighted by Crippen LogP contribution is -2.36. The Morgan fingerprint density at radius 2 is 1.59 bits per heavy atom. The lowest BCUT2D eigenvalue weighted by Gasteiger charge is -2.31. The molecule has 1 saturated heterocycles. The highest BCUT2D eigenvalue weighted by Gasteiger charge is 2.23. The summed E-state index contributed by atoms with van der Waals surface area (Å²) < 4.78 is 34.8. The molecule has 4 rings (SSSR count). The Labute approximate surface area is 192 Å². The Hall–Kier alpha value is -2.73. The average Bonchev–Trinajstić information content (AvgIpc) is 2.84. The van der Waals surface area contributed by atoms with Crippen molar-refractivity contribution in [3.05, 3.63) is 71.6 Å². The molecule has 0 N–H and O–H groups in total. The third-order valence-electron chi connectivity index (χ3n) is 5.90. The summed E-state index contributed by atoms with van der Waals surface area (Å²) in [6.45, 7) is 3.94. The molecule has 1 aliphatic rings. The minimum atomic E-state index is -0.691. The minimum Gasteiger partial charge on any atom is -0.487 e. The van der Waals surface area contributed by atoms with Crippen LogP contribution in [-0.2, 0) is 12.3 Å². The molecule has 168 valence electrons. The van der Waals surface area contributed by atoms with Crippen LogP contribution in [0.2, 0.25) is 0 Å². The number of benzene rings is 2. The van der Waals surface area contributed by atoms with E-state index in [4.69, 9.17) is 16.3 Å². The molecular weight excluding hydrogens is 432 g/mol. The molecule has 2 aromatic carbocycles. The van der Waals surface area contributed by atoms with Crippen molar-refractivity contribution in [2.75, 3.05) is 24.6 Å². The van der Waals surface area contributed by atoms with Gasteiger partial charge >= 0.3 is 0 Å². The highest BCUT2D eigenvalue weighted by Crippen LogP contribution is 2.30. The summed E-state index contributed by atoms with van der Waals surface area (Å²) in [6.07, 6.45) is 6.34. The summed E-state index contributed by atoms with van der Waals surface area (Å²) in [4.78, 5) is 11.0. The Kier molecular flexibility index (Phi) is 7.20. The number of hydrogen-bond acceptors (Lipinski definition) is 4. The van der Waals surface area contributed by atoms with Crippen molar-refractivity contribution in [3.8, 4) is 16.9 Å². The smallest absolute Gasteiger partial charge is 0.225 e. The third-order valence-corrected chi connectivity index (χ3v) is 6.21. The van der Waals surface area contributed by atoms with Gasteiger partial charge in [0.1, 0.15) is 0 Å². The van der Waals surface area contributed by atoms with Gasteiger partial charge in [-0.3, -0.25) is 0 Å². The van der Waals surface area contributed by atoms with Gasteiger partial charge in [-0.05, 0) is 59.6 Å². The van der Waals surface area contributed by atoms with Crippen molar-refractivity contribution >= 4 is 17.5 Å². The number of hydrogen-bond donors (Lipinski definition) is 0. The maximum atomic E-state index is 14.6. The van der Waals surface area contributed by atoms with Crippen LogP contribution in [0, 0.1) is 17.6 Å². The van der Waals surface area contributed by atoms with E-state index in [2.05, 4.69) is 21.8 Å². The Bertz CT molecular complexity index is 1010. The molecule has 2 heterocycles. The van der Waals surface area contributed by atoms with E-state index in [1.807, 2.05) is 24.5 Å². The Morgan fingerprint density at radius 3 is 2.16 bits per heavy atom. The van der Waals surface area contributed by atoms with Crippen molar-refractivity contribution in [2.45, 2.75) is 32.1 Å². The molecular formula is C25H26ClF2N3O. The van der Waals surface area contributed by atoms with Crippen LogP contribution in [-0.4, -0.2) is 29.7 Å². The molecule has 3 aromatic rings. The van der Waals surface area contributed by atoms with E-state index in [0.29, 0.717) is 11.4 Å². The fourth-order valence-corrected chi connectivity index (χ4v) is 4.02. The standard InChI is InChI=1S/C25H26ClF2N3O/c1-2-17-14-29-25(30-15-17)31-9-7-19(8-10-31)16-32-24-22(27)11-21(12-23(24)28)20-5-3-18(13-26)4-6-20/h3-6,11-12,14-15,19H,2,7-10,13,16H2,1H3. The van der Waals surface area contributed by atoms with Crippen LogP contribution in [0.3, 0.4) is 0 Å². The minimum absolute atomic E-state index is 0.225. The van der Waals surface area contributed by atoms with Gasteiger partial charge in [0.2, 0.25) is 5.95 Å². The van der Waals surface area contributed by atoms with Crippen molar-refractivity contribution < 1.29 is 13.5 Å². The summed E-state index contributed by atoms with van der Waals surface area (Å²) in [6, 6.07) is 9.93. The van der Waals surface area contributed by atoms with Gasteiger partial charge in [-0.1, -0.05) is 31.2 Å². The summed E-state index contributed by atoms with van der Waals surface area (Å²) in [7, 11) is 0. The first-order valence-corrected chi connectivity index (χ1v) is 11.4. The monoisotopic (exact) mass is 457 g/mol. The second kappa shape index (κ2) is 10.3. The van der Waals surface area contributed by atoms with Crippen LogP contribution in [0.25, 0.3) is 11.1 Å². The van der Waals surface area contributed by atoms with Crippen LogP contribution >= 0.6 is 11.6 Å². The number of piperidine rings is 1. The van der Waals surface area contributed by atoms with Gasteiger partial charge < -0.3 is 9.64 Å². The van der Waals surface area contributed by atoms with Gasteiger partial charge in [0.25, 0.3) is 0 Å². The number of rotatable bonds is 7. The van der Waals surface area contributed by atoms with E-state index in [-0.39, 0.29) is 18.3 Å². The van der Waals surface area contributed by atoms with Crippen LogP contribution in [0.15, 0.2) is 48.8 Å². The predicted molar refractivity (Wildman–Crippen MR) is 123 cm³/mol. The second-order valence-electron chi connectivity index (χ2n) is 8.09. The molecule has 1 fully saturated rings. The number of nitrogens with zero attached hydrogens (tertiary/aromatic N) is 3. The van der Waals surface area contributed by atoms with Gasteiger partial charge in [-0.15, -0.1) is 11.6 Å². The summed E-state index contributed by atoms with van der Waals surface area (Å²) in [5.41, 5.74) is 3.26. The fraction of sp³-hybridized carbons (Fsp3) is 0.360. The molecule has 0 spiro atoms. The third kappa shape index (κ3) is 5.18. The molecule has 0 amide bonds. The van der Waals surface area contributed by atoms with Crippen LogP contribution < -0.4 is 9.64 Å². The normalized spacial score (nSPS) is 14.6. The quantitative estimate of drug-likeness (QED) is 0.407. The van der Waals surface area contributed by atoms with Crippen LogP contribution in [0.4, 0.5) is 14.7 Å². The Morgan fingerprint density at radius 1 is 0.969 bits per heavy atom. The fourth-order valence-electron chi connectivity index (χ4n) is 3.85. The van der Waals surface area contributed by atoms with Crippen molar-refractivity contribution in [2.24, 2.45) is 5.92 Å². The van der Waals surface area contributed by atoms with Crippen LogP contribution in [0.1, 0.15) is 30.9 Å². The molecule has 1 aromatic heterocycles. The number of alkyl halides is 1. The number of ether oxygens (including phenoxy) is 1. The van der Waals surface area contributed by atoms with Gasteiger partial charge in [0, 0.05) is 31.4 Å². The first-order chi connectivity index (χ1) is 15.6. The molecule has 1 aliphatic heterocycles. The lowest BCUT2D eigenvalue weighted by atomic mass is 9.98. The molecule has 0 atom stereocenters. The zero-order chi connectivity index (χ0) is 22.5. The zero-order valence-corrected chi connectivity index (χ0v) is 18.8. The molecule has 0 unspecified atom stereocenters. The highest BCUT2D eigenvalue weighted by atomic mass is 35.5. The highest BCUT2D eigenvalue weighted by molar-refractivity contribution is 6.17. The van der Waals surface area contributed by atoms with Crippen molar-refractivity contribution in [3.63, 3.8) is 0 Å². The summed E-state index contributed by atoms with van der Waals surface area (Å²) in [5, 5.41) is 0. The van der Waals surface area contributed by atoms with E-state index < -0.39 is 11.6 Å². The number of halogens is 3. The first kappa shape index (κ1) is 22.5. The first-order valence-electron chi connectivity index (χ1n) is 10.9. The summed E-state index contributed by atoms with van der Waals surface area (Å²) in [5.74, 6) is -0.345. The topological polar surface area (TPSA) is 38.2 Å². The van der Waals surface area contributed by atoms with E-state index in [1.165, 1.54) is 12.1 Å². The van der Waals surface area contributed by atoms with Gasteiger partial charge in [0.05, 0.1) is 6.61 Å². The largest absolute Gasteiger partial charge is 0.487 e. The molecule has 4 nitrogen and oxygen atoms in total. The van der Waals surface area contributed by atoms with E-state index >= 15 is 0 Å². The molecule has 32 heavy (non-hydrogen) atoms. The lowest BCUT2D eigenvalue weighted by molar-refractivity contribution is 0.207. The maximum absolute atomic E-state index is 14.6. The number of aromatic nitrogens is 2. The number of aryl methyl sites for hydroxylation is 1. The second-order valence-corrected chi connectivity index (χ2v) is 8.35. The van der Waals surface area contributed by atoms with Gasteiger partial charge in [-0.25, -0.2) is 18.7 Å². The van der Waals surface area contributed by atoms with Gasteiger partial charge in [-0.2, -0.15) is 0 Å². The molecule has 0 bridgehead atoms. The van der Waals surface area contributed by atoms with Crippen LogP contribution in [0.5, 0.6) is 5.75 Å². The predicted octanol–water partition coefficient (Wildman–Crippen LogP) is 6.02.